The minimum absolute atomic E-state index is 0.238. The lowest BCUT2D eigenvalue weighted by Crippen LogP contribution is -2.43. The first kappa shape index (κ1) is 22.0. The van der Waals surface area contributed by atoms with Gasteiger partial charge in [-0.3, -0.25) is 4.79 Å². The van der Waals surface area contributed by atoms with Gasteiger partial charge >= 0.3 is 5.97 Å². The highest BCUT2D eigenvalue weighted by Crippen LogP contribution is 2.40. The maximum atomic E-state index is 12.0. The Bertz CT molecular complexity index is 727. The molecule has 0 aromatic heterocycles. The lowest BCUT2D eigenvalue weighted by Gasteiger charge is -2.37. The average Bonchev–Trinajstić information content (AvgIpc) is 2.73. The third-order valence-corrected chi connectivity index (χ3v) is 5.90. The van der Waals surface area contributed by atoms with E-state index >= 15 is 0 Å². The fraction of sp³-hybridized carbons (Fsp3) is 0.364. The van der Waals surface area contributed by atoms with Gasteiger partial charge < -0.3 is 15.2 Å². The van der Waals surface area contributed by atoms with Gasteiger partial charge in [-0.05, 0) is 30.2 Å². The van der Waals surface area contributed by atoms with Crippen molar-refractivity contribution in [3.8, 4) is 0 Å². The van der Waals surface area contributed by atoms with Crippen molar-refractivity contribution in [3.05, 3.63) is 71.8 Å². The third-order valence-electron chi connectivity index (χ3n) is 4.76. The van der Waals surface area contributed by atoms with Crippen LogP contribution in [0.1, 0.15) is 30.9 Å². The molecule has 0 radical (unpaired) electrons. The smallest absolute Gasteiger partial charge is 0.328 e. The second kappa shape index (κ2) is 10.3. The number of carbonyl (C=O) groups is 2. The molecular formula is C22H27NO4S. The van der Waals surface area contributed by atoms with Gasteiger partial charge in [-0.15, -0.1) is 0 Å². The fourth-order valence-corrected chi connectivity index (χ4v) is 4.36. The summed E-state index contributed by atoms with van der Waals surface area (Å²) in [5, 5.41) is 14.3. The van der Waals surface area contributed by atoms with Crippen LogP contribution in [-0.2, 0) is 19.9 Å². The Morgan fingerprint density at radius 3 is 1.93 bits per heavy atom. The maximum Gasteiger partial charge on any atom is 0.328 e. The Morgan fingerprint density at radius 2 is 1.54 bits per heavy atom. The Balaban J connectivity index is 2.35. The zero-order valence-corrected chi connectivity index (χ0v) is 17.2. The molecule has 0 spiro atoms. The molecule has 2 rings (SSSR count). The van der Waals surface area contributed by atoms with Gasteiger partial charge in [0.25, 0.3) is 0 Å². The second-order valence-corrected chi connectivity index (χ2v) is 7.62. The van der Waals surface area contributed by atoms with E-state index in [1.54, 1.807) is 0 Å². The lowest BCUT2D eigenvalue weighted by molar-refractivity contribution is -0.145. The Hall–Kier alpha value is -2.31. The third kappa shape index (κ3) is 5.14. The fourth-order valence-electron chi connectivity index (χ4n) is 3.37. The minimum atomic E-state index is -1.24. The largest absolute Gasteiger partial charge is 0.467 e. The molecule has 28 heavy (non-hydrogen) atoms. The molecule has 0 heterocycles. The number of nitrogens with one attached hydrogen (secondary N) is 1. The first-order chi connectivity index (χ1) is 13.4. The zero-order chi connectivity index (χ0) is 20.6. The summed E-state index contributed by atoms with van der Waals surface area (Å²) in [7, 11) is 1.30. The minimum Gasteiger partial charge on any atom is -0.467 e. The van der Waals surface area contributed by atoms with Crippen LogP contribution in [0.15, 0.2) is 60.7 Å². The van der Waals surface area contributed by atoms with E-state index in [1.807, 2.05) is 66.9 Å². The molecule has 2 N–H and O–H groups in total. The van der Waals surface area contributed by atoms with Crippen molar-refractivity contribution in [2.75, 3.05) is 13.4 Å². The molecule has 0 saturated carbocycles. The van der Waals surface area contributed by atoms with Gasteiger partial charge in [0.1, 0.15) is 11.6 Å². The van der Waals surface area contributed by atoms with Gasteiger partial charge in [-0.2, -0.15) is 11.8 Å². The number of ether oxygens (including phenoxy) is 1. The highest BCUT2D eigenvalue weighted by molar-refractivity contribution is 7.99. The molecule has 0 fully saturated rings. The monoisotopic (exact) mass is 401 g/mol. The van der Waals surface area contributed by atoms with Gasteiger partial charge in [0, 0.05) is 12.2 Å². The van der Waals surface area contributed by atoms with E-state index in [9.17, 15) is 14.7 Å². The molecule has 2 aromatic carbocycles. The summed E-state index contributed by atoms with van der Waals surface area (Å²) in [6.07, 6.45) is 2.80. The number of carbonyl (C=O) groups excluding carboxylic acids is 2. The summed E-state index contributed by atoms with van der Waals surface area (Å²) >= 11 is 1.53. The first-order valence-corrected chi connectivity index (χ1v) is 10.4. The highest BCUT2D eigenvalue weighted by atomic mass is 32.2. The van der Waals surface area contributed by atoms with Crippen LogP contribution < -0.4 is 5.32 Å². The molecule has 1 unspecified atom stereocenters. The van der Waals surface area contributed by atoms with Crippen LogP contribution in [0, 0.1) is 0 Å². The van der Waals surface area contributed by atoms with Gasteiger partial charge in [-0.1, -0.05) is 60.7 Å². The summed E-state index contributed by atoms with van der Waals surface area (Å²) < 4.78 is 4.81. The molecule has 5 nitrogen and oxygen atoms in total. The summed E-state index contributed by atoms with van der Waals surface area (Å²) in [6, 6.07) is 18.3. The number of amides is 1. The van der Waals surface area contributed by atoms with Crippen molar-refractivity contribution in [2.24, 2.45) is 0 Å². The van der Waals surface area contributed by atoms with Gasteiger partial charge in [0.15, 0.2) is 0 Å². The maximum absolute atomic E-state index is 12.0. The van der Waals surface area contributed by atoms with Gasteiger partial charge in [0.2, 0.25) is 5.91 Å². The highest BCUT2D eigenvalue weighted by Gasteiger charge is 2.40. The van der Waals surface area contributed by atoms with E-state index in [0.29, 0.717) is 12.8 Å². The van der Waals surface area contributed by atoms with E-state index in [2.05, 4.69) is 5.32 Å². The Morgan fingerprint density at radius 1 is 1.04 bits per heavy atom. The van der Waals surface area contributed by atoms with E-state index < -0.39 is 17.6 Å². The van der Waals surface area contributed by atoms with Crippen LogP contribution in [-0.4, -0.2) is 41.6 Å². The Kier molecular flexibility index (Phi) is 8.08. The zero-order valence-electron chi connectivity index (χ0n) is 16.4. The number of hydrogen-bond donors (Lipinski definition) is 2. The normalized spacial score (nSPS) is 13.4. The molecule has 0 aliphatic rings. The molecule has 0 aliphatic heterocycles. The quantitative estimate of drug-likeness (QED) is 0.632. The van der Waals surface area contributed by atoms with Crippen molar-refractivity contribution in [3.63, 3.8) is 0 Å². The van der Waals surface area contributed by atoms with Crippen LogP contribution >= 0.6 is 11.8 Å². The molecular weight excluding hydrogens is 374 g/mol. The number of hydrogen-bond acceptors (Lipinski definition) is 5. The van der Waals surface area contributed by atoms with Crippen molar-refractivity contribution >= 4 is 23.6 Å². The number of aliphatic hydroxyl groups is 1. The number of esters is 1. The predicted octanol–water partition coefficient (Wildman–Crippen LogP) is 3.11. The summed E-state index contributed by atoms with van der Waals surface area (Å²) in [5.74, 6) is -0.782. The second-order valence-electron chi connectivity index (χ2n) is 6.58. The average molecular weight is 402 g/mol. The van der Waals surface area contributed by atoms with Crippen LogP contribution in [0.2, 0.25) is 0 Å². The van der Waals surface area contributed by atoms with E-state index in [0.717, 1.165) is 11.1 Å². The molecule has 6 heteroatoms. The number of benzene rings is 2. The summed E-state index contributed by atoms with van der Waals surface area (Å²) in [5.41, 5.74) is 0.336. The van der Waals surface area contributed by atoms with Crippen molar-refractivity contribution in [1.82, 2.24) is 5.32 Å². The van der Waals surface area contributed by atoms with Crippen LogP contribution in [0.3, 0.4) is 0 Å². The topological polar surface area (TPSA) is 75.6 Å². The van der Waals surface area contributed by atoms with Gasteiger partial charge in [0.05, 0.1) is 7.11 Å². The van der Waals surface area contributed by atoms with Crippen molar-refractivity contribution in [1.29, 1.82) is 0 Å². The number of thioether (sulfide) groups is 1. The standard InChI is InChI=1S/C22H27NO4S/c1-16(24)23-19(21(25)27-2)14-15-20(28-3)22(26,17-10-6-4-7-11-17)18-12-8-5-9-13-18/h4-13,19-20,26H,14-15H2,1-3H3,(H,23,24)/t19-,20?/m0/s1. The molecule has 0 aliphatic carbocycles. The Labute approximate surface area is 170 Å². The summed E-state index contributed by atoms with van der Waals surface area (Å²) in [6.45, 7) is 1.37. The molecule has 2 aromatic rings. The predicted molar refractivity (Wildman–Crippen MR) is 112 cm³/mol. The van der Waals surface area contributed by atoms with Crippen molar-refractivity contribution < 1.29 is 19.4 Å². The number of rotatable bonds is 9. The van der Waals surface area contributed by atoms with Crippen LogP contribution in [0.25, 0.3) is 0 Å². The first-order valence-electron chi connectivity index (χ1n) is 9.14. The van der Waals surface area contributed by atoms with E-state index in [-0.39, 0.29) is 11.2 Å². The molecule has 0 bridgehead atoms. The number of methoxy groups -OCH3 is 1. The lowest BCUT2D eigenvalue weighted by atomic mass is 9.81. The molecule has 1 amide bonds. The van der Waals surface area contributed by atoms with Gasteiger partial charge in [-0.25, -0.2) is 4.79 Å². The molecule has 2 atom stereocenters. The van der Waals surface area contributed by atoms with Crippen molar-refractivity contribution in [2.45, 2.75) is 36.7 Å². The van der Waals surface area contributed by atoms with Crippen LogP contribution in [0.4, 0.5) is 0 Å². The van der Waals surface area contributed by atoms with E-state index in [4.69, 9.17) is 4.74 Å². The van der Waals surface area contributed by atoms with E-state index in [1.165, 1.54) is 25.8 Å². The SMILES string of the molecule is COC(=O)[C@H](CCC(SC)C(O)(c1ccccc1)c1ccccc1)NC(C)=O. The summed E-state index contributed by atoms with van der Waals surface area (Å²) in [4.78, 5) is 23.5. The molecule has 0 saturated heterocycles. The molecule has 150 valence electrons. The van der Waals surface area contributed by atoms with Crippen LogP contribution in [0.5, 0.6) is 0 Å².